The Balaban J connectivity index is 1.32. The Morgan fingerprint density at radius 3 is 2.52 bits per heavy atom. The molecule has 0 aliphatic rings. The molecule has 140 valence electrons. The predicted octanol–water partition coefficient (Wildman–Crippen LogP) is 5.27. The minimum Gasteiger partial charge on any atom is -0.454 e. The number of anilines is 1. The molecule has 0 aliphatic carbocycles. The summed E-state index contributed by atoms with van der Waals surface area (Å²) in [6.07, 6.45) is 3.02. The van der Waals surface area contributed by atoms with E-state index in [-0.39, 0.29) is 5.91 Å². The number of para-hydroxylation sites is 1. The zero-order valence-electron chi connectivity index (χ0n) is 15.1. The number of nitrogens with one attached hydrogen (secondary N) is 1. The summed E-state index contributed by atoms with van der Waals surface area (Å²) in [6.45, 7) is 0. The normalized spacial score (nSPS) is 10.9. The molecule has 0 spiro atoms. The van der Waals surface area contributed by atoms with Crippen LogP contribution in [0.5, 0.6) is 0 Å². The van der Waals surface area contributed by atoms with Gasteiger partial charge in [0.05, 0.1) is 5.56 Å². The fraction of sp³-hybridized carbons (Fsp3) is 0. The third kappa shape index (κ3) is 3.51. The second-order valence-electron chi connectivity index (χ2n) is 6.30. The first kappa shape index (κ1) is 17.3. The molecule has 29 heavy (non-hydrogen) atoms. The summed E-state index contributed by atoms with van der Waals surface area (Å²) in [5.41, 5.74) is 2.74. The number of aromatic nitrogens is 3. The molecule has 1 N–H and O–H groups in total. The van der Waals surface area contributed by atoms with Crippen molar-refractivity contribution in [2.45, 2.75) is 0 Å². The lowest BCUT2D eigenvalue weighted by Crippen LogP contribution is -2.12. The number of benzene rings is 2. The summed E-state index contributed by atoms with van der Waals surface area (Å²) in [6, 6.07) is 19.3. The molecular weight excluding hydrogens is 384 g/mol. The molecule has 1 amide bonds. The molecule has 0 aliphatic heterocycles. The second-order valence-corrected chi connectivity index (χ2v) is 7.16. The van der Waals surface area contributed by atoms with Crippen LogP contribution < -0.4 is 5.32 Å². The Morgan fingerprint density at radius 2 is 1.72 bits per heavy atom. The highest BCUT2D eigenvalue weighted by Gasteiger charge is 2.13. The second kappa shape index (κ2) is 7.29. The van der Waals surface area contributed by atoms with Crippen molar-refractivity contribution in [2.24, 2.45) is 0 Å². The summed E-state index contributed by atoms with van der Waals surface area (Å²) in [5, 5.41) is 6.13. The van der Waals surface area contributed by atoms with Gasteiger partial charge in [-0.1, -0.05) is 48.5 Å². The number of carbonyl (C=O) groups is 1. The molecule has 0 bridgehead atoms. The summed E-state index contributed by atoms with van der Waals surface area (Å²) in [5.74, 6) is 0.928. The third-order valence-electron chi connectivity index (χ3n) is 4.35. The molecule has 0 radical (unpaired) electrons. The predicted molar refractivity (Wildman–Crippen MR) is 113 cm³/mol. The number of furan rings is 1. The van der Waals surface area contributed by atoms with Crippen LogP contribution in [-0.2, 0) is 0 Å². The van der Waals surface area contributed by atoms with E-state index in [0.717, 1.165) is 16.5 Å². The Kier molecular flexibility index (Phi) is 4.34. The first-order valence-electron chi connectivity index (χ1n) is 8.89. The van der Waals surface area contributed by atoms with E-state index in [2.05, 4.69) is 20.3 Å². The van der Waals surface area contributed by atoms with Gasteiger partial charge in [0.2, 0.25) is 0 Å². The Morgan fingerprint density at radius 1 is 0.966 bits per heavy atom. The summed E-state index contributed by atoms with van der Waals surface area (Å²) in [7, 11) is 0. The minimum atomic E-state index is -0.310. The average Bonchev–Trinajstić information content (AvgIpc) is 3.41. The van der Waals surface area contributed by atoms with Crippen LogP contribution in [0.25, 0.3) is 33.8 Å². The van der Waals surface area contributed by atoms with Crippen LogP contribution in [-0.4, -0.2) is 20.9 Å². The van der Waals surface area contributed by atoms with Crippen molar-refractivity contribution in [3.63, 3.8) is 0 Å². The largest absolute Gasteiger partial charge is 0.454 e. The fourth-order valence-corrected chi connectivity index (χ4v) is 3.60. The molecule has 0 atom stereocenters. The molecule has 5 rings (SSSR count). The molecule has 0 fully saturated rings. The zero-order valence-corrected chi connectivity index (χ0v) is 15.9. The van der Waals surface area contributed by atoms with Crippen LogP contribution in [0.15, 0.2) is 82.9 Å². The van der Waals surface area contributed by atoms with Crippen molar-refractivity contribution in [1.29, 1.82) is 0 Å². The van der Waals surface area contributed by atoms with Gasteiger partial charge in [0, 0.05) is 28.7 Å². The average molecular weight is 398 g/mol. The van der Waals surface area contributed by atoms with Crippen molar-refractivity contribution in [1.82, 2.24) is 15.0 Å². The van der Waals surface area contributed by atoms with E-state index in [0.29, 0.717) is 28.0 Å². The summed E-state index contributed by atoms with van der Waals surface area (Å²) in [4.78, 5) is 25.5. The zero-order chi connectivity index (χ0) is 19.6. The quantitative estimate of drug-likeness (QED) is 0.446. The van der Waals surface area contributed by atoms with Crippen molar-refractivity contribution < 1.29 is 9.21 Å². The topological polar surface area (TPSA) is 80.9 Å². The molecule has 3 heterocycles. The van der Waals surface area contributed by atoms with Gasteiger partial charge in [-0.3, -0.25) is 10.1 Å². The SMILES string of the molecule is O=C(Nc1nc(-c2cc3ccccc3o2)cs1)c1cnc(-c2ccccc2)nc1. The Hall–Kier alpha value is -3.84. The number of carbonyl (C=O) groups excluding carboxylic acids is 1. The van der Waals surface area contributed by atoms with E-state index in [4.69, 9.17) is 4.42 Å². The first-order valence-corrected chi connectivity index (χ1v) is 9.77. The van der Waals surface area contributed by atoms with Crippen molar-refractivity contribution >= 4 is 33.3 Å². The van der Waals surface area contributed by atoms with E-state index in [1.54, 1.807) is 0 Å². The van der Waals surface area contributed by atoms with E-state index in [1.165, 1.54) is 23.7 Å². The van der Waals surface area contributed by atoms with Gasteiger partial charge < -0.3 is 4.42 Å². The first-order chi connectivity index (χ1) is 14.3. The van der Waals surface area contributed by atoms with Gasteiger partial charge in [0.1, 0.15) is 11.3 Å². The monoisotopic (exact) mass is 398 g/mol. The van der Waals surface area contributed by atoms with Gasteiger partial charge in [-0.05, 0) is 12.1 Å². The van der Waals surface area contributed by atoms with Crippen molar-refractivity contribution in [2.75, 3.05) is 5.32 Å². The van der Waals surface area contributed by atoms with Crippen LogP contribution in [0.1, 0.15) is 10.4 Å². The van der Waals surface area contributed by atoms with Crippen LogP contribution in [0, 0.1) is 0 Å². The number of hydrogen-bond acceptors (Lipinski definition) is 6. The maximum Gasteiger partial charge on any atom is 0.260 e. The molecule has 0 saturated heterocycles. The lowest BCUT2D eigenvalue weighted by Gasteiger charge is -2.03. The van der Waals surface area contributed by atoms with Crippen LogP contribution in [0.4, 0.5) is 5.13 Å². The van der Waals surface area contributed by atoms with Gasteiger partial charge in [-0.25, -0.2) is 15.0 Å². The highest BCUT2D eigenvalue weighted by Crippen LogP contribution is 2.30. The molecule has 0 saturated carbocycles. The van der Waals surface area contributed by atoms with Crippen LogP contribution in [0.2, 0.25) is 0 Å². The molecular formula is C22H14N4O2S. The standard InChI is InChI=1S/C22H14N4O2S/c27-21(16-11-23-20(24-12-16)14-6-2-1-3-7-14)26-22-25-17(13-29-22)19-10-15-8-4-5-9-18(15)28-19/h1-13H,(H,25,26,27). The lowest BCUT2D eigenvalue weighted by molar-refractivity contribution is 0.102. The van der Waals surface area contributed by atoms with Crippen LogP contribution in [0.3, 0.4) is 0 Å². The van der Waals surface area contributed by atoms with E-state index >= 15 is 0 Å². The molecule has 5 aromatic rings. The number of thiazole rings is 1. The highest BCUT2D eigenvalue weighted by atomic mass is 32.1. The van der Waals surface area contributed by atoms with Gasteiger partial charge in [0.25, 0.3) is 5.91 Å². The maximum atomic E-state index is 12.5. The van der Waals surface area contributed by atoms with Crippen molar-refractivity contribution in [3.05, 3.63) is 84.0 Å². The van der Waals surface area contributed by atoms with Crippen LogP contribution >= 0.6 is 11.3 Å². The summed E-state index contributed by atoms with van der Waals surface area (Å²) < 4.78 is 5.82. The number of hydrogen-bond donors (Lipinski definition) is 1. The minimum absolute atomic E-state index is 0.310. The number of amides is 1. The molecule has 0 unspecified atom stereocenters. The molecule has 3 aromatic heterocycles. The molecule has 2 aromatic carbocycles. The maximum absolute atomic E-state index is 12.5. The van der Waals surface area contributed by atoms with Gasteiger partial charge >= 0.3 is 0 Å². The summed E-state index contributed by atoms with van der Waals surface area (Å²) >= 11 is 1.33. The van der Waals surface area contributed by atoms with E-state index in [9.17, 15) is 4.79 Å². The van der Waals surface area contributed by atoms with Crippen molar-refractivity contribution in [3.8, 4) is 22.8 Å². The molecule has 7 heteroatoms. The third-order valence-corrected chi connectivity index (χ3v) is 5.11. The number of nitrogens with zero attached hydrogens (tertiary/aromatic N) is 3. The van der Waals surface area contributed by atoms with E-state index in [1.807, 2.05) is 66.0 Å². The Bertz CT molecular complexity index is 1260. The lowest BCUT2D eigenvalue weighted by atomic mass is 10.2. The smallest absolute Gasteiger partial charge is 0.260 e. The Labute approximate surface area is 169 Å². The van der Waals surface area contributed by atoms with Gasteiger partial charge in [-0.15, -0.1) is 11.3 Å². The number of rotatable bonds is 4. The highest BCUT2D eigenvalue weighted by molar-refractivity contribution is 7.14. The fourth-order valence-electron chi connectivity index (χ4n) is 2.90. The van der Waals surface area contributed by atoms with Gasteiger partial charge in [0.15, 0.2) is 16.7 Å². The van der Waals surface area contributed by atoms with E-state index < -0.39 is 0 Å². The number of fused-ring (bicyclic) bond motifs is 1. The molecule has 6 nitrogen and oxygen atoms in total. The van der Waals surface area contributed by atoms with Gasteiger partial charge in [-0.2, -0.15) is 0 Å².